The van der Waals surface area contributed by atoms with Gasteiger partial charge in [-0.15, -0.1) is 0 Å². The van der Waals surface area contributed by atoms with Crippen LogP contribution >= 0.6 is 15.9 Å². The first-order valence-electron chi connectivity index (χ1n) is 21.8. The van der Waals surface area contributed by atoms with Crippen molar-refractivity contribution in [2.75, 3.05) is 45.0 Å². The van der Waals surface area contributed by atoms with Gasteiger partial charge in [-0.25, -0.2) is 19.2 Å². The third-order valence-electron chi connectivity index (χ3n) is 10.1. The molecule has 0 saturated carbocycles. The number of hydrogen-bond acceptors (Lipinski definition) is 16. The largest absolute Gasteiger partial charge is 0.460 e. The molecule has 0 spiro atoms. The summed E-state index contributed by atoms with van der Waals surface area (Å²) in [5, 5.41) is 4.09. The number of carbonyl (C=O) groups excluding carboxylic acids is 8. The molecule has 66 heavy (non-hydrogen) atoms. The van der Waals surface area contributed by atoms with E-state index in [0.29, 0.717) is 35.5 Å². The zero-order chi connectivity index (χ0) is 47.8. The van der Waals surface area contributed by atoms with Crippen molar-refractivity contribution in [2.45, 2.75) is 83.4 Å². The van der Waals surface area contributed by atoms with E-state index in [-0.39, 0.29) is 11.9 Å². The van der Waals surface area contributed by atoms with Crippen LogP contribution in [0.4, 0.5) is 0 Å². The molecule has 0 saturated heterocycles. The lowest BCUT2D eigenvalue weighted by atomic mass is 9.98. The summed E-state index contributed by atoms with van der Waals surface area (Å²) in [6.45, 7) is -0.695. The van der Waals surface area contributed by atoms with Crippen LogP contribution in [0.1, 0.15) is 88.2 Å². The third kappa shape index (κ3) is 18.3. The molecule has 0 fully saturated rings. The van der Waals surface area contributed by atoms with Crippen molar-refractivity contribution in [1.82, 2.24) is 0 Å². The second kappa shape index (κ2) is 27.9. The molecule has 0 amide bonds. The standard InChI is InChI=1S/C48H54BBrO16/c1-31(33-11-13-37-25-39(17-15-35(37)23-33)65-41(51)9-5-3-7-19-49)47(57)63-29-45(55)61-27-43(53)59-21-22-60-44(54)28-62-46(56)30-64-48(58)32(2)34-12-14-38-26-40(18-16-36(38)24-34)66-42(52)10-6-4-8-20-50/h11-18,23-26,31-32H,3-10,19-22,27-30,49H2,1-2H3. The SMILES string of the molecule is BCCCCCC(=O)Oc1ccc2cc(C(C)C(=O)OCC(=O)OCC(=O)OCCOC(=O)COC(=O)COC(=O)C(C)c3ccc4cc(OC(=O)CCCCCBr)ccc4c3)ccc2c1. The highest BCUT2D eigenvalue weighted by Crippen LogP contribution is 2.28. The van der Waals surface area contributed by atoms with Crippen LogP contribution in [0.2, 0.25) is 6.32 Å². The lowest BCUT2D eigenvalue weighted by Crippen LogP contribution is -2.25. The van der Waals surface area contributed by atoms with E-state index >= 15 is 0 Å². The monoisotopic (exact) mass is 976 g/mol. The van der Waals surface area contributed by atoms with Gasteiger partial charge in [0.1, 0.15) is 32.6 Å². The molecule has 18 heteroatoms. The zero-order valence-corrected chi connectivity index (χ0v) is 38.9. The van der Waals surface area contributed by atoms with Gasteiger partial charge < -0.3 is 37.9 Å². The van der Waals surface area contributed by atoms with Crippen molar-refractivity contribution in [3.8, 4) is 11.5 Å². The number of carbonyl (C=O) groups is 8. The highest BCUT2D eigenvalue weighted by Gasteiger charge is 2.22. The molecule has 16 nitrogen and oxygen atoms in total. The van der Waals surface area contributed by atoms with Gasteiger partial charge in [-0.1, -0.05) is 90.0 Å². The van der Waals surface area contributed by atoms with Crippen LogP contribution in [0.15, 0.2) is 72.8 Å². The molecule has 4 aromatic carbocycles. The van der Waals surface area contributed by atoms with Crippen molar-refractivity contribution < 1.29 is 76.3 Å². The predicted octanol–water partition coefficient (Wildman–Crippen LogP) is 6.54. The molecule has 352 valence electrons. The van der Waals surface area contributed by atoms with Crippen LogP contribution in [-0.4, -0.2) is 101 Å². The van der Waals surface area contributed by atoms with Crippen LogP contribution in [0.5, 0.6) is 11.5 Å². The average molecular weight is 978 g/mol. The Morgan fingerprint density at radius 3 is 1.26 bits per heavy atom. The Morgan fingerprint density at radius 2 is 0.833 bits per heavy atom. The third-order valence-corrected chi connectivity index (χ3v) is 10.6. The van der Waals surface area contributed by atoms with E-state index in [1.807, 2.05) is 0 Å². The Balaban J connectivity index is 1.05. The quantitative estimate of drug-likeness (QED) is 0.0155. The summed E-state index contributed by atoms with van der Waals surface area (Å²) in [5.41, 5.74) is 1.25. The highest BCUT2D eigenvalue weighted by atomic mass is 79.9. The van der Waals surface area contributed by atoms with Crippen LogP contribution in [0.3, 0.4) is 0 Å². The normalized spacial score (nSPS) is 11.7. The summed E-state index contributed by atoms with van der Waals surface area (Å²) in [5.74, 6) is -6.56. The predicted molar refractivity (Wildman–Crippen MR) is 246 cm³/mol. The van der Waals surface area contributed by atoms with Gasteiger partial charge in [-0.2, -0.15) is 0 Å². The van der Waals surface area contributed by atoms with E-state index in [1.54, 1.807) is 86.6 Å². The molecule has 0 aliphatic heterocycles. The first kappa shape index (κ1) is 52.3. The molecule has 0 aromatic heterocycles. The first-order valence-corrected chi connectivity index (χ1v) is 22.9. The van der Waals surface area contributed by atoms with Crippen LogP contribution in [0.25, 0.3) is 21.5 Å². The molecule has 0 aliphatic rings. The van der Waals surface area contributed by atoms with E-state index < -0.39 is 87.3 Å². The van der Waals surface area contributed by atoms with Crippen LogP contribution < -0.4 is 9.47 Å². The smallest absolute Gasteiger partial charge is 0.344 e. The fourth-order valence-electron chi connectivity index (χ4n) is 6.29. The summed E-state index contributed by atoms with van der Waals surface area (Å²) >= 11 is 3.37. The number of unbranched alkanes of at least 4 members (excludes halogenated alkanes) is 4. The molecule has 0 N–H and O–H groups in total. The Bertz CT molecular complexity index is 2170. The molecule has 0 radical (unpaired) electrons. The van der Waals surface area contributed by atoms with Crippen molar-refractivity contribution in [2.24, 2.45) is 0 Å². The van der Waals surface area contributed by atoms with Gasteiger partial charge in [0.25, 0.3) is 0 Å². The second-order valence-electron chi connectivity index (χ2n) is 15.2. The fraction of sp³-hybridized carbons (Fsp3) is 0.417. The maximum absolute atomic E-state index is 12.7. The Labute approximate surface area is 391 Å². The van der Waals surface area contributed by atoms with Gasteiger partial charge in [0.2, 0.25) is 0 Å². The Morgan fingerprint density at radius 1 is 0.455 bits per heavy atom. The minimum absolute atomic E-state index is 0.289. The number of fused-ring (bicyclic) bond motifs is 2. The van der Waals surface area contributed by atoms with Crippen LogP contribution in [-0.2, 0) is 66.8 Å². The summed E-state index contributed by atoms with van der Waals surface area (Å²) in [6, 6.07) is 21.0. The minimum Gasteiger partial charge on any atom is -0.460 e. The van der Waals surface area contributed by atoms with Gasteiger partial charge in [-0.3, -0.25) is 19.2 Å². The fourth-order valence-corrected chi connectivity index (χ4v) is 6.69. The van der Waals surface area contributed by atoms with Gasteiger partial charge in [0.05, 0.1) is 11.8 Å². The molecule has 0 heterocycles. The number of hydrogen-bond donors (Lipinski definition) is 0. The first-order chi connectivity index (χ1) is 31.8. The van der Waals surface area contributed by atoms with Crippen molar-refractivity contribution in [1.29, 1.82) is 0 Å². The summed E-state index contributed by atoms with van der Waals surface area (Å²) in [7, 11) is 2.10. The number of benzene rings is 4. The van der Waals surface area contributed by atoms with Gasteiger partial charge >= 0.3 is 47.8 Å². The lowest BCUT2D eigenvalue weighted by Gasteiger charge is -2.13. The molecule has 2 atom stereocenters. The molecule has 4 rings (SSSR count). The molecule has 0 bridgehead atoms. The van der Waals surface area contributed by atoms with Crippen molar-refractivity contribution in [3.63, 3.8) is 0 Å². The number of ether oxygens (including phenoxy) is 8. The Hall–Kier alpha value is -6.30. The van der Waals surface area contributed by atoms with Gasteiger partial charge in [0, 0.05) is 18.2 Å². The maximum Gasteiger partial charge on any atom is 0.344 e. The zero-order valence-electron chi connectivity index (χ0n) is 37.3. The molecular weight excluding hydrogens is 923 g/mol. The van der Waals surface area contributed by atoms with E-state index in [4.69, 9.17) is 37.9 Å². The summed E-state index contributed by atoms with van der Waals surface area (Å²) in [6.07, 6.45) is 7.25. The van der Waals surface area contributed by atoms with Gasteiger partial charge in [-0.05, 0) is 90.0 Å². The topological polar surface area (TPSA) is 210 Å². The maximum atomic E-state index is 12.7. The molecular formula is C48H54BBrO16. The van der Waals surface area contributed by atoms with Crippen molar-refractivity contribution in [3.05, 3.63) is 83.9 Å². The molecule has 4 aromatic rings. The van der Waals surface area contributed by atoms with E-state index in [2.05, 4.69) is 23.8 Å². The lowest BCUT2D eigenvalue weighted by molar-refractivity contribution is -0.168. The van der Waals surface area contributed by atoms with Crippen LogP contribution in [0, 0.1) is 0 Å². The number of alkyl halides is 1. The Kier molecular flexibility index (Phi) is 22.1. The average Bonchev–Trinajstić information content (AvgIpc) is 3.31. The highest BCUT2D eigenvalue weighted by molar-refractivity contribution is 9.09. The summed E-state index contributed by atoms with van der Waals surface area (Å²) < 4.78 is 40.4. The number of esters is 8. The number of rotatable bonds is 27. The number of halogens is 1. The van der Waals surface area contributed by atoms with E-state index in [0.717, 1.165) is 71.7 Å². The molecule has 0 aliphatic carbocycles. The second-order valence-corrected chi connectivity index (χ2v) is 16.0. The van der Waals surface area contributed by atoms with Gasteiger partial charge in [0.15, 0.2) is 26.4 Å². The van der Waals surface area contributed by atoms with E-state index in [1.165, 1.54) is 0 Å². The van der Waals surface area contributed by atoms with Crippen molar-refractivity contribution >= 4 is 93.1 Å². The van der Waals surface area contributed by atoms with E-state index in [9.17, 15) is 38.4 Å². The molecule has 2 unspecified atom stereocenters. The minimum atomic E-state index is -0.998. The summed E-state index contributed by atoms with van der Waals surface area (Å²) in [4.78, 5) is 97.9.